The molecule has 8 heteroatoms. The lowest BCUT2D eigenvalue weighted by Gasteiger charge is -2.19. The summed E-state index contributed by atoms with van der Waals surface area (Å²) in [4.78, 5) is 35.8. The normalized spacial score (nSPS) is 13.4. The minimum Gasteiger partial charge on any atom is -0.353 e. The number of thioether (sulfide) groups is 1. The number of hydrogen-bond donors (Lipinski definition) is 3. The van der Waals surface area contributed by atoms with Crippen LogP contribution in [0.1, 0.15) is 13.3 Å². The highest BCUT2D eigenvalue weighted by Crippen LogP contribution is 2.06. The number of rotatable bonds is 10. The van der Waals surface area contributed by atoms with E-state index in [1.54, 1.807) is 26.0 Å². The fourth-order valence-electron chi connectivity index (χ4n) is 1.49. The lowest BCUT2D eigenvalue weighted by atomic mass is 10.2. The molecule has 2 amide bonds. The van der Waals surface area contributed by atoms with Gasteiger partial charge in [-0.05, 0) is 26.1 Å². The number of nitrogens with zero attached hydrogens (tertiary/aromatic N) is 1. The van der Waals surface area contributed by atoms with E-state index in [0.717, 1.165) is 0 Å². The zero-order valence-electron chi connectivity index (χ0n) is 13.1. The zero-order chi connectivity index (χ0) is 16.4. The summed E-state index contributed by atoms with van der Waals surface area (Å²) < 4.78 is 0. The Balaban J connectivity index is 3.86. The highest BCUT2D eigenvalue weighted by Gasteiger charge is 2.17. The van der Waals surface area contributed by atoms with Gasteiger partial charge in [-0.1, -0.05) is 0 Å². The molecule has 2 atom stereocenters. The maximum Gasteiger partial charge on any atom is 0.239 e. The molecule has 0 spiro atoms. The Labute approximate surface area is 130 Å². The fraction of sp³-hybridized carbons (Fsp3) is 0.769. The SMILES string of the molecule is CNC(CCSCC(=O)NCC(N)C(C)=O)C(=O)N(C)C. The molecule has 0 aliphatic heterocycles. The van der Waals surface area contributed by atoms with Gasteiger partial charge < -0.3 is 21.3 Å². The molecular formula is C13H26N4O3S. The van der Waals surface area contributed by atoms with Crippen molar-refractivity contribution in [3.05, 3.63) is 0 Å². The summed E-state index contributed by atoms with van der Waals surface area (Å²) in [7, 11) is 5.17. The van der Waals surface area contributed by atoms with Crippen LogP contribution in [0.15, 0.2) is 0 Å². The van der Waals surface area contributed by atoms with E-state index in [4.69, 9.17) is 5.73 Å². The molecule has 0 aromatic carbocycles. The van der Waals surface area contributed by atoms with Crippen molar-refractivity contribution in [3.8, 4) is 0 Å². The third-order valence-electron chi connectivity index (χ3n) is 2.91. The molecule has 0 bridgehead atoms. The summed E-state index contributed by atoms with van der Waals surface area (Å²) in [6.45, 7) is 1.55. The van der Waals surface area contributed by atoms with E-state index in [9.17, 15) is 14.4 Å². The quantitative estimate of drug-likeness (QED) is 0.438. The molecule has 0 aliphatic rings. The molecule has 0 rings (SSSR count). The maximum absolute atomic E-state index is 11.8. The van der Waals surface area contributed by atoms with Gasteiger partial charge in [0.2, 0.25) is 11.8 Å². The summed E-state index contributed by atoms with van der Waals surface area (Å²) in [6.07, 6.45) is 0.651. The number of carbonyl (C=O) groups is 3. The number of carbonyl (C=O) groups excluding carboxylic acids is 3. The molecule has 0 saturated heterocycles. The highest BCUT2D eigenvalue weighted by atomic mass is 32.2. The predicted octanol–water partition coefficient (Wildman–Crippen LogP) is -1.18. The molecule has 122 valence electrons. The van der Waals surface area contributed by atoms with Gasteiger partial charge in [0, 0.05) is 20.6 Å². The van der Waals surface area contributed by atoms with Crippen LogP contribution in [0.2, 0.25) is 0 Å². The summed E-state index contributed by atoms with van der Waals surface area (Å²) in [5.41, 5.74) is 5.52. The van der Waals surface area contributed by atoms with Gasteiger partial charge in [-0.15, -0.1) is 0 Å². The summed E-state index contributed by atoms with van der Waals surface area (Å²) in [5.74, 6) is 0.697. The van der Waals surface area contributed by atoms with Crippen LogP contribution in [0.25, 0.3) is 0 Å². The van der Waals surface area contributed by atoms with Gasteiger partial charge in [-0.25, -0.2) is 0 Å². The maximum atomic E-state index is 11.8. The standard InChI is InChI=1S/C13H26N4O3S/c1-9(18)10(14)7-16-12(19)8-21-6-5-11(15-2)13(20)17(3)4/h10-11,15H,5-8,14H2,1-4H3,(H,16,19). The second kappa shape index (κ2) is 10.6. The van der Waals surface area contributed by atoms with E-state index < -0.39 is 6.04 Å². The first kappa shape index (κ1) is 19.9. The van der Waals surface area contributed by atoms with Crippen LogP contribution in [0.5, 0.6) is 0 Å². The van der Waals surface area contributed by atoms with Crippen molar-refractivity contribution in [1.29, 1.82) is 0 Å². The van der Waals surface area contributed by atoms with Crippen molar-refractivity contribution in [3.63, 3.8) is 0 Å². The van der Waals surface area contributed by atoms with Gasteiger partial charge in [-0.3, -0.25) is 14.4 Å². The molecule has 4 N–H and O–H groups in total. The molecule has 0 aliphatic carbocycles. The number of nitrogens with two attached hydrogens (primary N) is 1. The number of nitrogens with one attached hydrogen (secondary N) is 2. The van der Waals surface area contributed by atoms with E-state index in [1.807, 2.05) is 0 Å². The Morgan fingerprint density at radius 1 is 1.29 bits per heavy atom. The van der Waals surface area contributed by atoms with E-state index in [2.05, 4.69) is 10.6 Å². The third-order valence-corrected chi connectivity index (χ3v) is 3.90. The second-order valence-electron chi connectivity index (χ2n) is 4.94. The molecule has 0 aromatic heterocycles. The molecule has 21 heavy (non-hydrogen) atoms. The Bertz CT molecular complexity index is 363. The van der Waals surface area contributed by atoms with Crippen molar-refractivity contribution in [2.45, 2.75) is 25.4 Å². The van der Waals surface area contributed by atoms with Gasteiger partial charge in [0.05, 0.1) is 17.8 Å². The molecule has 0 aromatic rings. The number of hydrogen-bond acceptors (Lipinski definition) is 6. The van der Waals surface area contributed by atoms with E-state index in [-0.39, 0.29) is 35.9 Å². The molecule has 0 saturated carbocycles. The van der Waals surface area contributed by atoms with Crippen molar-refractivity contribution < 1.29 is 14.4 Å². The Hall–Kier alpha value is -1.12. The minimum atomic E-state index is -0.648. The van der Waals surface area contributed by atoms with Gasteiger partial charge in [0.15, 0.2) is 0 Å². The molecule has 0 radical (unpaired) electrons. The van der Waals surface area contributed by atoms with Gasteiger partial charge in [-0.2, -0.15) is 11.8 Å². The Morgan fingerprint density at radius 2 is 1.90 bits per heavy atom. The average molecular weight is 318 g/mol. The van der Waals surface area contributed by atoms with Crippen LogP contribution in [-0.4, -0.2) is 73.8 Å². The predicted molar refractivity (Wildman–Crippen MR) is 85.1 cm³/mol. The van der Waals surface area contributed by atoms with Crippen molar-refractivity contribution in [1.82, 2.24) is 15.5 Å². The van der Waals surface area contributed by atoms with Gasteiger partial charge in [0.25, 0.3) is 0 Å². The number of amides is 2. The Morgan fingerprint density at radius 3 is 2.38 bits per heavy atom. The topological polar surface area (TPSA) is 105 Å². The molecular weight excluding hydrogens is 292 g/mol. The lowest BCUT2D eigenvalue weighted by Crippen LogP contribution is -2.42. The van der Waals surface area contributed by atoms with E-state index in [0.29, 0.717) is 12.2 Å². The lowest BCUT2D eigenvalue weighted by molar-refractivity contribution is -0.130. The van der Waals surface area contributed by atoms with E-state index >= 15 is 0 Å². The fourth-order valence-corrected chi connectivity index (χ4v) is 2.32. The number of ketones is 1. The average Bonchev–Trinajstić information content (AvgIpc) is 2.43. The zero-order valence-corrected chi connectivity index (χ0v) is 14.0. The first-order valence-corrected chi connectivity index (χ1v) is 7.94. The van der Waals surface area contributed by atoms with Gasteiger partial charge >= 0.3 is 0 Å². The van der Waals surface area contributed by atoms with Crippen LogP contribution in [0, 0.1) is 0 Å². The summed E-state index contributed by atoms with van der Waals surface area (Å²) in [5, 5.41) is 5.58. The minimum absolute atomic E-state index is 0.0231. The van der Waals surface area contributed by atoms with Crippen LogP contribution in [0.4, 0.5) is 0 Å². The van der Waals surface area contributed by atoms with Crippen LogP contribution in [0.3, 0.4) is 0 Å². The van der Waals surface area contributed by atoms with Crippen molar-refractivity contribution >= 4 is 29.4 Å². The summed E-state index contributed by atoms with van der Waals surface area (Å²) in [6, 6.07) is -0.882. The second-order valence-corrected chi connectivity index (χ2v) is 6.04. The molecule has 0 heterocycles. The number of Topliss-reactive ketones (excluding diaryl/α,β-unsaturated/α-hetero) is 1. The van der Waals surface area contributed by atoms with Crippen LogP contribution in [-0.2, 0) is 14.4 Å². The van der Waals surface area contributed by atoms with Crippen LogP contribution < -0.4 is 16.4 Å². The number of likely N-dealkylation sites (N-methyl/N-ethyl adjacent to an activating group) is 2. The van der Waals surface area contributed by atoms with Gasteiger partial charge in [0.1, 0.15) is 5.78 Å². The third kappa shape index (κ3) is 8.69. The van der Waals surface area contributed by atoms with Crippen molar-refractivity contribution in [2.75, 3.05) is 39.2 Å². The van der Waals surface area contributed by atoms with Crippen molar-refractivity contribution in [2.24, 2.45) is 5.73 Å². The largest absolute Gasteiger partial charge is 0.353 e. The first-order chi connectivity index (χ1) is 9.79. The highest BCUT2D eigenvalue weighted by molar-refractivity contribution is 7.99. The molecule has 7 nitrogen and oxygen atoms in total. The molecule has 0 fully saturated rings. The van der Waals surface area contributed by atoms with E-state index in [1.165, 1.54) is 18.7 Å². The van der Waals surface area contributed by atoms with Crippen LogP contribution >= 0.6 is 11.8 Å². The summed E-state index contributed by atoms with van der Waals surface area (Å²) >= 11 is 1.45. The first-order valence-electron chi connectivity index (χ1n) is 6.78. The Kier molecular flexibility index (Phi) is 10.0. The monoisotopic (exact) mass is 318 g/mol. The molecule has 2 unspecified atom stereocenters. The smallest absolute Gasteiger partial charge is 0.239 e.